The van der Waals surface area contributed by atoms with Crippen molar-refractivity contribution < 1.29 is 13.5 Å². The maximum Gasteiger partial charge on any atom is 0.260 e. The van der Waals surface area contributed by atoms with E-state index < -0.39 is 15.6 Å². The minimum Gasteiger partial charge on any atom is -0.387 e. The van der Waals surface area contributed by atoms with Crippen molar-refractivity contribution in [3.8, 4) is 0 Å². The Morgan fingerprint density at radius 3 is 2.47 bits per heavy atom. The summed E-state index contributed by atoms with van der Waals surface area (Å²) in [4.78, 5) is 0. The molecule has 1 aliphatic rings. The Bertz CT molecular complexity index is 515. The topological polar surface area (TPSA) is 75.4 Å². The van der Waals surface area contributed by atoms with Crippen LogP contribution in [0.25, 0.3) is 0 Å². The highest BCUT2D eigenvalue weighted by atomic mass is 32.2. The molecule has 0 aliphatic carbocycles. The summed E-state index contributed by atoms with van der Waals surface area (Å²) in [6.45, 7) is 4.07. The highest BCUT2D eigenvalue weighted by molar-refractivity contribution is 7.89. The second-order valence-electron chi connectivity index (χ2n) is 4.82. The van der Waals surface area contributed by atoms with Crippen LogP contribution in [-0.2, 0) is 17.1 Å². The van der Waals surface area contributed by atoms with Gasteiger partial charge in [0.25, 0.3) is 10.0 Å². The molecule has 1 aromatic heterocycles. The molecular weight excluding hydrogens is 242 g/mol. The molecule has 1 fully saturated rings. The number of aliphatic hydroxyl groups is 1. The first-order valence-electron chi connectivity index (χ1n) is 5.48. The summed E-state index contributed by atoms with van der Waals surface area (Å²) >= 11 is 0. The van der Waals surface area contributed by atoms with Crippen molar-refractivity contribution in [3.63, 3.8) is 0 Å². The summed E-state index contributed by atoms with van der Waals surface area (Å²) in [6.07, 6.45) is 1.45. The lowest BCUT2D eigenvalue weighted by Gasteiger charge is -2.47. The van der Waals surface area contributed by atoms with E-state index in [1.807, 2.05) is 13.8 Å². The van der Waals surface area contributed by atoms with Gasteiger partial charge >= 0.3 is 0 Å². The SMILES string of the molecule is CC(C)C1(O)CN(S(=O)(=O)c2ccnn2C)C1. The van der Waals surface area contributed by atoms with Gasteiger partial charge in [-0.1, -0.05) is 13.8 Å². The third-order valence-electron chi connectivity index (χ3n) is 3.36. The van der Waals surface area contributed by atoms with Gasteiger partial charge in [0, 0.05) is 20.1 Å². The van der Waals surface area contributed by atoms with Crippen molar-refractivity contribution >= 4 is 10.0 Å². The molecule has 1 saturated heterocycles. The van der Waals surface area contributed by atoms with Crippen LogP contribution in [0, 0.1) is 5.92 Å². The van der Waals surface area contributed by atoms with E-state index in [0.29, 0.717) is 0 Å². The third-order valence-corrected chi connectivity index (χ3v) is 5.22. The van der Waals surface area contributed by atoms with Gasteiger partial charge in [-0.25, -0.2) is 8.42 Å². The first kappa shape index (κ1) is 12.5. The number of aromatic nitrogens is 2. The molecule has 1 N–H and O–H groups in total. The van der Waals surface area contributed by atoms with E-state index in [1.165, 1.54) is 21.3 Å². The summed E-state index contributed by atoms with van der Waals surface area (Å²) in [7, 11) is -1.94. The molecule has 0 unspecified atom stereocenters. The number of nitrogens with zero attached hydrogens (tertiary/aromatic N) is 3. The Morgan fingerprint density at radius 1 is 1.47 bits per heavy atom. The predicted octanol–water partition coefficient (Wildman–Crippen LogP) is -0.188. The third kappa shape index (κ3) is 1.88. The second-order valence-corrected chi connectivity index (χ2v) is 6.71. The van der Waals surface area contributed by atoms with Crippen molar-refractivity contribution in [2.24, 2.45) is 13.0 Å². The molecule has 96 valence electrons. The van der Waals surface area contributed by atoms with Gasteiger partial charge in [-0.2, -0.15) is 9.40 Å². The van der Waals surface area contributed by atoms with Crippen molar-refractivity contribution in [1.82, 2.24) is 14.1 Å². The molecule has 2 heterocycles. The Balaban J connectivity index is 2.20. The van der Waals surface area contributed by atoms with Crippen LogP contribution < -0.4 is 0 Å². The minimum atomic E-state index is -3.52. The second kappa shape index (κ2) is 3.79. The zero-order valence-corrected chi connectivity index (χ0v) is 11.0. The fraction of sp³-hybridized carbons (Fsp3) is 0.700. The van der Waals surface area contributed by atoms with Gasteiger partial charge < -0.3 is 5.11 Å². The number of hydrogen-bond acceptors (Lipinski definition) is 4. The zero-order chi connectivity index (χ0) is 12.8. The molecule has 0 radical (unpaired) electrons. The molecule has 6 nitrogen and oxygen atoms in total. The van der Waals surface area contributed by atoms with Crippen LogP contribution in [0.2, 0.25) is 0 Å². The van der Waals surface area contributed by atoms with E-state index in [2.05, 4.69) is 5.10 Å². The molecule has 7 heteroatoms. The summed E-state index contributed by atoms with van der Waals surface area (Å²) in [5.74, 6) is 0.0421. The standard InChI is InChI=1S/C10H17N3O3S/c1-8(2)10(14)6-13(7-10)17(15,16)9-4-5-11-12(9)3/h4-5,8,14H,6-7H2,1-3H3. The summed E-state index contributed by atoms with van der Waals surface area (Å²) < 4.78 is 26.9. The summed E-state index contributed by atoms with van der Waals surface area (Å²) in [5, 5.41) is 14.1. The normalized spacial score (nSPS) is 20.5. The lowest BCUT2D eigenvalue weighted by molar-refractivity contribution is -0.0933. The van der Waals surface area contributed by atoms with Crippen LogP contribution in [0.3, 0.4) is 0 Å². The maximum absolute atomic E-state index is 12.2. The Hall–Kier alpha value is -0.920. The van der Waals surface area contributed by atoms with E-state index in [1.54, 1.807) is 7.05 Å². The van der Waals surface area contributed by atoms with Gasteiger partial charge in [0.1, 0.15) is 0 Å². The van der Waals surface area contributed by atoms with E-state index in [9.17, 15) is 13.5 Å². The molecule has 0 saturated carbocycles. The highest BCUT2D eigenvalue weighted by Crippen LogP contribution is 2.32. The Kier molecular flexibility index (Phi) is 2.80. The van der Waals surface area contributed by atoms with Crippen molar-refractivity contribution in [2.45, 2.75) is 24.5 Å². The zero-order valence-electron chi connectivity index (χ0n) is 10.2. The molecule has 2 rings (SSSR count). The molecule has 1 aliphatic heterocycles. The first-order chi connectivity index (χ1) is 7.77. The number of sulfonamides is 1. The van der Waals surface area contributed by atoms with Crippen LogP contribution >= 0.6 is 0 Å². The van der Waals surface area contributed by atoms with E-state index in [0.717, 1.165) is 0 Å². The molecule has 0 aromatic carbocycles. The Morgan fingerprint density at radius 2 is 2.06 bits per heavy atom. The maximum atomic E-state index is 12.2. The van der Waals surface area contributed by atoms with Gasteiger partial charge in [0.15, 0.2) is 5.03 Å². The highest BCUT2D eigenvalue weighted by Gasteiger charge is 2.49. The van der Waals surface area contributed by atoms with Crippen LogP contribution in [-0.4, -0.2) is 46.3 Å². The van der Waals surface area contributed by atoms with Crippen molar-refractivity contribution in [3.05, 3.63) is 12.3 Å². The van der Waals surface area contributed by atoms with Gasteiger partial charge in [-0.3, -0.25) is 4.68 Å². The lowest BCUT2D eigenvalue weighted by Crippen LogP contribution is -2.65. The number of rotatable bonds is 3. The molecule has 0 amide bonds. The van der Waals surface area contributed by atoms with Gasteiger partial charge in [-0.15, -0.1) is 0 Å². The van der Waals surface area contributed by atoms with Crippen LogP contribution in [0.4, 0.5) is 0 Å². The quantitative estimate of drug-likeness (QED) is 0.816. The van der Waals surface area contributed by atoms with Crippen LogP contribution in [0.1, 0.15) is 13.8 Å². The van der Waals surface area contributed by atoms with Crippen LogP contribution in [0.15, 0.2) is 17.3 Å². The smallest absolute Gasteiger partial charge is 0.260 e. The molecule has 0 bridgehead atoms. The van der Waals surface area contributed by atoms with Gasteiger partial charge in [-0.05, 0) is 12.0 Å². The molecular formula is C10H17N3O3S. The monoisotopic (exact) mass is 259 g/mol. The van der Waals surface area contributed by atoms with Gasteiger partial charge in [0.2, 0.25) is 0 Å². The summed E-state index contributed by atoms with van der Waals surface area (Å²) in [6, 6.07) is 1.46. The van der Waals surface area contributed by atoms with E-state index >= 15 is 0 Å². The fourth-order valence-corrected chi connectivity index (χ4v) is 3.51. The van der Waals surface area contributed by atoms with Crippen LogP contribution in [0.5, 0.6) is 0 Å². The first-order valence-corrected chi connectivity index (χ1v) is 6.92. The Labute approximate surface area is 101 Å². The minimum absolute atomic E-state index is 0.0421. The molecule has 1 aromatic rings. The van der Waals surface area contributed by atoms with Gasteiger partial charge in [0.05, 0.1) is 11.8 Å². The fourth-order valence-electron chi connectivity index (χ4n) is 1.85. The average Bonchev–Trinajstić information content (AvgIpc) is 2.59. The average molecular weight is 259 g/mol. The van der Waals surface area contributed by atoms with Crippen molar-refractivity contribution in [1.29, 1.82) is 0 Å². The predicted molar refractivity (Wildman–Crippen MR) is 61.8 cm³/mol. The number of β-amino-alcohol motifs (C(OH)–C–C–N with tert-alkyl or cyclic N) is 1. The van der Waals surface area contributed by atoms with E-state index in [4.69, 9.17) is 0 Å². The molecule has 17 heavy (non-hydrogen) atoms. The lowest BCUT2D eigenvalue weighted by atomic mass is 9.85. The number of hydrogen-bond donors (Lipinski definition) is 1. The number of aryl methyl sites for hydroxylation is 1. The largest absolute Gasteiger partial charge is 0.387 e. The summed E-state index contributed by atoms with van der Waals surface area (Å²) in [5.41, 5.74) is -0.897. The molecule has 0 spiro atoms. The molecule has 0 atom stereocenters. The van der Waals surface area contributed by atoms with E-state index in [-0.39, 0.29) is 24.0 Å². The van der Waals surface area contributed by atoms with Crippen molar-refractivity contribution in [2.75, 3.05) is 13.1 Å².